The van der Waals surface area contributed by atoms with E-state index in [9.17, 15) is 9.59 Å². The monoisotopic (exact) mass is 325 g/mol. The van der Waals surface area contributed by atoms with Gasteiger partial charge in [-0.15, -0.1) is 0 Å². The van der Waals surface area contributed by atoms with Crippen molar-refractivity contribution in [2.45, 2.75) is 6.54 Å². The summed E-state index contributed by atoms with van der Waals surface area (Å²) >= 11 is 0. The van der Waals surface area contributed by atoms with Gasteiger partial charge in [-0.1, -0.05) is 18.2 Å². The SMILES string of the molecule is COc1ccccc1CNC(=O)c1cc(-c2ccco2)[nH]c(=O)n1. The van der Waals surface area contributed by atoms with E-state index < -0.39 is 11.6 Å². The van der Waals surface area contributed by atoms with Crippen LogP contribution in [-0.4, -0.2) is 23.0 Å². The molecule has 2 heterocycles. The average molecular weight is 325 g/mol. The van der Waals surface area contributed by atoms with Crippen molar-refractivity contribution in [2.75, 3.05) is 7.11 Å². The van der Waals surface area contributed by atoms with Crippen LogP contribution in [0.4, 0.5) is 0 Å². The highest BCUT2D eigenvalue weighted by Crippen LogP contribution is 2.18. The van der Waals surface area contributed by atoms with Gasteiger partial charge < -0.3 is 19.5 Å². The topological polar surface area (TPSA) is 97.2 Å². The third-order valence-corrected chi connectivity index (χ3v) is 3.40. The third-order valence-electron chi connectivity index (χ3n) is 3.40. The van der Waals surface area contributed by atoms with Crippen LogP contribution in [0.5, 0.6) is 5.75 Å². The zero-order chi connectivity index (χ0) is 16.9. The molecular formula is C17H15N3O4. The molecule has 0 atom stereocenters. The fourth-order valence-corrected chi connectivity index (χ4v) is 2.25. The second-order valence-electron chi connectivity index (χ2n) is 4.96. The average Bonchev–Trinajstić information content (AvgIpc) is 3.14. The summed E-state index contributed by atoms with van der Waals surface area (Å²) in [6.07, 6.45) is 1.48. The molecule has 0 unspecified atom stereocenters. The van der Waals surface area contributed by atoms with E-state index in [1.165, 1.54) is 12.3 Å². The number of aromatic nitrogens is 2. The smallest absolute Gasteiger partial charge is 0.346 e. The number of amides is 1. The lowest BCUT2D eigenvalue weighted by atomic mass is 10.2. The molecule has 0 saturated heterocycles. The summed E-state index contributed by atoms with van der Waals surface area (Å²) in [6, 6.07) is 12.2. The van der Waals surface area contributed by atoms with E-state index in [0.29, 0.717) is 17.2 Å². The Kier molecular flexibility index (Phi) is 4.42. The van der Waals surface area contributed by atoms with E-state index in [4.69, 9.17) is 9.15 Å². The van der Waals surface area contributed by atoms with Crippen molar-refractivity contribution >= 4 is 5.91 Å². The van der Waals surface area contributed by atoms with Gasteiger partial charge in [0.2, 0.25) is 0 Å². The first-order valence-corrected chi connectivity index (χ1v) is 7.22. The number of methoxy groups -OCH3 is 1. The number of carbonyl (C=O) groups excluding carboxylic acids is 1. The Hall–Kier alpha value is -3.35. The van der Waals surface area contributed by atoms with Gasteiger partial charge in [0.25, 0.3) is 5.91 Å². The van der Waals surface area contributed by atoms with Crippen molar-refractivity contribution < 1.29 is 13.9 Å². The van der Waals surface area contributed by atoms with E-state index in [1.54, 1.807) is 19.2 Å². The standard InChI is InChI=1S/C17H15N3O4/c1-23-14-6-3-2-5-11(14)10-18-16(21)13-9-12(19-17(22)20-13)15-7-4-8-24-15/h2-9H,10H2,1H3,(H,18,21)(H,19,20,22). The lowest BCUT2D eigenvalue weighted by Gasteiger charge is -2.09. The highest BCUT2D eigenvalue weighted by molar-refractivity contribution is 5.92. The molecule has 1 aromatic carbocycles. The van der Waals surface area contributed by atoms with Crippen molar-refractivity contribution in [3.8, 4) is 17.2 Å². The molecule has 0 fully saturated rings. The molecule has 0 bridgehead atoms. The minimum absolute atomic E-state index is 0.0139. The lowest BCUT2D eigenvalue weighted by molar-refractivity contribution is 0.0945. The summed E-state index contributed by atoms with van der Waals surface area (Å²) in [5.41, 5.74) is 0.610. The largest absolute Gasteiger partial charge is 0.496 e. The second-order valence-corrected chi connectivity index (χ2v) is 4.96. The van der Waals surface area contributed by atoms with E-state index in [-0.39, 0.29) is 12.2 Å². The molecule has 7 heteroatoms. The Balaban J connectivity index is 1.79. The van der Waals surface area contributed by atoms with Gasteiger partial charge in [0, 0.05) is 12.1 Å². The number of nitrogens with one attached hydrogen (secondary N) is 2. The van der Waals surface area contributed by atoms with Gasteiger partial charge in [-0.3, -0.25) is 4.79 Å². The van der Waals surface area contributed by atoms with Gasteiger partial charge in [-0.2, -0.15) is 4.98 Å². The number of nitrogens with zero attached hydrogens (tertiary/aromatic N) is 1. The summed E-state index contributed by atoms with van der Waals surface area (Å²) < 4.78 is 10.5. The Morgan fingerprint density at radius 2 is 2.12 bits per heavy atom. The number of H-pyrrole nitrogens is 1. The molecule has 1 amide bonds. The van der Waals surface area contributed by atoms with Gasteiger partial charge in [0.05, 0.1) is 19.1 Å². The lowest BCUT2D eigenvalue weighted by Crippen LogP contribution is -2.27. The van der Waals surface area contributed by atoms with Crippen LogP contribution in [0.3, 0.4) is 0 Å². The maximum atomic E-state index is 12.3. The molecule has 0 aliphatic carbocycles. The number of para-hydroxylation sites is 1. The Bertz CT molecular complexity index is 900. The molecule has 0 aliphatic rings. The molecule has 0 radical (unpaired) electrons. The zero-order valence-electron chi connectivity index (χ0n) is 12.9. The number of rotatable bonds is 5. The maximum absolute atomic E-state index is 12.3. The number of carbonyl (C=O) groups is 1. The Morgan fingerprint density at radius 3 is 2.88 bits per heavy atom. The van der Waals surface area contributed by atoms with E-state index >= 15 is 0 Å². The Labute approximate surface area is 137 Å². The molecular weight excluding hydrogens is 310 g/mol. The maximum Gasteiger partial charge on any atom is 0.346 e. The number of furan rings is 1. The summed E-state index contributed by atoms with van der Waals surface area (Å²) in [4.78, 5) is 30.2. The van der Waals surface area contributed by atoms with Gasteiger partial charge in [-0.05, 0) is 24.3 Å². The molecule has 7 nitrogen and oxygen atoms in total. The number of hydrogen-bond donors (Lipinski definition) is 2. The van der Waals surface area contributed by atoms with Crippen LogP contribution < -0.4 is 15.7 Å². The van der Waals surface area contributed by atoms with Crippen LogP contribution in [-0.2, 0) is 6.54 Å². The van der Waals surface area contributed by atoms with E-state index in [0.717, 1.165) is 5.56 Å². The van der Waals surface area contributed by atoms with Crippen LogP contribution in [0.15, 0.2) is 57.9 Å². The van der Waals surface area contributed by atoms with Crippen molar-refractivity contribution in [3.63, 3.8) is 0 Å². The summed E-state index contributed by atoms with van der Waals surface area (Å²) in [7, 11) is 1.56. The predicted octanol–water partition coefficient (Wildman–Crippen LogP) is 1.97. The van der Waals surface area contributed by atoms with E-state index in [2.05, 4.69) is 15.3 Å². The van der Waals surface area contributed by atoms with Crippen LogP contribution in [0, 0.1) is 0 Å². The number of ether oxygens (including phenoxy) is 1. The van der Waals surface area contributed by atoms with Crippen LogP contribution >= 0.6 is 0 Å². The zero-order valence-corrected chi connectivity index (χ0v) is 12.9. The van der Waals surface area contributed by atoms with Gasteiger partial charge in [0.1, 0.15) is 17.2 Å². The number of hydrogen-bond acceptors (Lipinski definition) is 5. The minimum atomic E-state index is -0.619. The fraction of sp³-hybridized carbons (Fsp3) is 0.118. The van der Waals surface area contributed by atoms with Gasteiger partial charge in [0.15, 0.2) is 0 Å². The highest BCUT2D eigenvalue weighted by atomic mass is 16.5. The molecule has 0 saturated carbocycles. The number of benzene rings is 1. The number of aromatic amines is 1. The van der Waals surface area contributed by atoms with Crippen LogP contribution in [0.25, 0.3) is 11.5 Å². The summed E-state index contributed by atoms with van der Waals surface area (Å²) in [5, 5.41) is 2.72. The van der Waals surface area contributed by atoms with Crippen LogP contribution in [0.2, 0.25) is 0 Å². The first kappa shape index (κ1) is 15.5. The molecule has 122 valence electrons. The highest BCUT2D eigenvalue weighted by Gasteiger charge is 2.13. The summed E-state index contributed by atoms with van der Waals surface area (Å²) in [6.45, 7) is 0.257. The molecule has 3 aromatic rings. The molecule has 24 heavy (non-hydrogen) atoms. The second kappa shape index (κ2) is 6.82. The molecule has 0 aliphatic heterocycles. The van der Waals surface area contributed by atoms with Gasteiger partial charge >= 0.3 is 5.69 Å². The predicted molar refractivity (Wildman–Crippen MR) is 86.7 cm³/mol. The van der Waals surface area contributed by atoms with Crippen molar-refractivity contribution in [1.29, 1.82) is 0 Å². The first-order chi connectivity index (χ1) is 11.7. The Morgan fingerprint density at radius 1 is 1.29 bits per heavy atom. The fourth-order valence-electron chi connectivity index (χ4n) is 2.25. The normalized spacial score (nSPS) is 10.4. The molecule has 3 rings (SSSR count). The van der Waals surface area contributed by atoms with Gasteiger partial charge in [-0.25, -0.2) is 4.79 Å². The van der Waals surface area contributed by atoms with Crippen LogP contribution in [0.1, 0.15) is 16.1 Å². The quantitative estimate of drug-likeness (QED) is 0.747. The summed E-state index contributed by atoms with van der Waals surface area (Å²) in [5.74, 6) is 0.668. The van der Waals surface area contributed by atoms with Crippen molar-refractivity contribution in [2.24, 2.45) is 0 Å². The minimum Gasteiger partial charge on any atom is -0.496 e. The molecule has 2 N–H and O–H groups in total. The van der Waals surface area contributed by atoms with Crippen molar-refractivity contribution in [1.82, 2.24) is 15.3 Å². The first-order valence-electron chi connectivity index (χ1n) is 7.22. The molecule has 0 spiro atoms. The van der Waals surface area contributed by atoms with E-state index in [1.807, 2.05) is 24.3 Å². The third kappa shape index (κ3) is 3.35. The molecule has 2 aromatic heterocycles. The van der Waals surface area contributed by atoms with Crippen molar-refractivity contribution in [3.05, 3.63) is 70.5 Å².